The van der Waals surface area contributed by atoms with Crippen LogP contribution in [0, 0.1) is 5.82 Å². The van der Waals surface area contributed by atoms with E-state index < -0.39 is 0 Å². The van der Waals surface area contributed by atoms with Gasteiger partial charge in [-0.1, -0.05) is 37.3 Å². The Morgan fingerprint density at radius 3 is 2.53 bits per heavy atom. The SMILES string of the molecule is CCC(C(=O)N1CCC(Nc2nccc(Oc3ccc(F)cc3)n2)CC1)c1ccccc1. The first-order valence-corrected chi connectivity index (χ1v) is 11.0. The molecule has 3 aromatic rings. The predicted molar refractivity (Wildman–Crippen MR) is 121 cm³/mol. The molecule has 0 spiro atoms. The Labute approximate surface area is 187 Å². The molecule has 1 fully saturated rings. The quantitative estimate of drug-likeness (QED) is 0.567. The third-order valence-electron chi connectivity index (χ3n) is 5.71. The molecule has 166 valence electrons. The monoisotopic (exact) mass is 434 g/mol. The minimum atomic E-state index is -0.318. The van der Waals surface area contributed by atoms with Crippen molar-refractivity contribution in [1.29, 1.82) is 0 Å². The van der Waals surface area contributed by atoms with E-state index in [-0.39, 0.29) is 23.7 Å². The number of carbonyl (C=O) groups is 1. The zero-order valence-electron chi connectivity index (χ0n) is 18.1. The second kappa shape index (κ2) is 10.2. The molecule has 4 rings (SSSR count). The van der Waals surface area contributed by atoms with Gasteiger partial charge in [-0.25, -0.2) is 9.37 Å². The molecule has 1 unspecified atom stereocenters. The van der Waals surface area contributed by atoms with Gasteiger partial charge < -0.3 is 15.0 Å². The van der Waals surface area contributed by atoms with Gasteiger partial charge in [0.1, 0.15) is 11.6 Å². The fourth-order valence-corrected chi connectivity index (χ4v) is 3.98. The molecular weight excluding hydrogens is 407 g/mol. The second-order valence-corrected chi connectivity index (χ2v) is 7.89. The molecule has 32 heavy (non-hydrogen) atoms. The van der Waals surface area contributed by atoms with E-state index in [1.54, 1.807) is 24.4 Å². The van der Waals surface area contributed by atoms with Crippen molar-refractivity contribution in [2.24, 2.45) is 0 Å². The lowest BCUT2D eigenvalue weighted by atomic mass is 9.93. The highest BCUT2D eigenvalue weighted by Gasteiger charge is 2.28. The van der Waals surface area contributed by atoms with Crippen LogP contribution in [-0.4, -0.2) is 39.9 Å². The van der Waals surface area contributed by atoms with Gasteiger partial charge in [0.15, 0.2) is 0 Å². The van der Waals surface area contributed by atoms with Crippen molar-refractivity contribution in [3.8, 4) is 11.6 Å². The molecule has 1 atom stereocenters. The first kappa shape index (κ1) is 21.7. The number of nitrogens with one attached hydrogen (secondary N) is 1. The lowest BCUT2D eigenvalue weighted by Gasteiger charge is -2.34. The van der Waals surface area contributed by atoms with E-state index in [0.717, 1.165) is 24.8 Å². The van der Waals surface area contributed by atoms with Crippen molar-refractivity contribution in [2.75, 3.05) is 18.4 Å². The van der Waals surface area contributed by atoms with E-state index in [4.69, 9.17) is 4.74 Å². The van der Waals surface area contributed by atoms with Crippen LogP contribution in [0.5, 0.6) is 11.6 Å². The van der Waals surface area contributed by atoms with Crippen molar-refractivity contribution in [3.05, 3.63) is 78.2 Å². The summed E-state index contributed by atoms with van der Waals surface area (Å²) in [5.74, 6) is 1.15. The Morgan fingerprint density at radius 1 is 1.12 bits per heavy atom. The number of benzene rings is 2. The lowest BCUT2D eigenvalue weighted by Crippen LogP contribution is -2.44. The molecule has 1 amide bonds. The molecule has 0 radical (unpaired) electrons. The van der Waals surface area contributed by atoms with Crippen molar-refractivity contribution in [3.63, 3.8) is 0 Å². The third kappa shape index (κ3) is 5.41. The maximum atomic E-state index is 13.1. The van der Waals surface area contributed by atoms with Crippen LogP contribution in [0.25, 0.3) is 0 Å². The standard InChI is InChI=1S/C25H27FN4O2/c1-2-22(18-6-4-3-5-7-18)24(31)30-16-13-20(14-17-30)28-25-27-15-12-23(29-25)32-21-10-8-19(26)9-11-21/h3-12,15,20,22H,2,13-14,16-17H2,1H3,(H,27,28,29). The molecule has 1 aliphatic heterocycles. The van der Waals surface area contributed by atoms with Crippen molar-refractivity contribution < 1.29 is 13.9 Å². The summed E-state index contributed by atoms with van der Waals surface area (Å²) in [5, 5.41) is 3.35. The van der Waals surface area contributed by atoms with Crippen molar-refractivity contribution >= 4 is 11.9 Å². The zero-order chi connectivity index (χ0) is 22.3. The summed E-state index contributed by atoms with van der Waals surface area (Å²) in [7, 11) is 0. The van der Waals surface area contributed by atoms with Crippen molar-refractivity contribution in [2.45, 2.75) is 38.1 Å². The van der Waals surface area contributed by atoms with Gasteiger partial charge in [-0.15, -0.1) is 0 Å². The third-order valence-corrected chi connectivity index (χ3v) is 5.71. The smallest absolute Gasteiger partial charge is 0.230 e. The van der Waals surface area contributed by atoms with Crippen LogP contribution in [0.4, 0.5) is 10.3 Å². The van der Waals surface area contributed by atoms with Gasteiger partial charge in [-0.3, -0.25) is 4.79 Å². The molecule has 0 saturated carbocycles. The minimum absolute atomic E-state index is 0.0932. The summed E-state index contributed by atoms with van der Waals surface area (Å²) in [5.41, 5.74) is 1.08. The number of ether oxygens (including phenoxy) is 1. The number of anilines is 1. The second-order valence-electron chi connectivity index (χ2n) is 7.89. The number of rotatable bonds is 7. The normalized spacial score (nSPS) is 15.2. The molecule has 1 aromatic heterocycles. The van der Waals surface area contributed by atoms with Crippen molar-refractivity contribution in [1.82, 2.24) is 14.9 Å². The Kier molecular flexibility index (Phi) is 6.94. The number of piperidine rings is 1. The average molecular weight is 435 g/mol. The van der Waals surface area contributed by atoms with Crippen LogP contribution in [-0.2, 0) is 4.79 Å². The maximum absolute atomic E-state index is 13.1. The number of nitrogens with zero attached hydrogens (tertiary/aromatic N) is 3. The number of hydrogen-bond acceptors (Lipinski definition) is 5. The van der Waals surface area contributed by atoms with Crippen LogP contribution in [0.15, 0.2) is 66.9 Å². The number of hydrogen-bond donors (Lipinski definition) is 1. The largest absolute Gasteiger partial charge is 0.439 e. The highest BCUT2D eigenvalue weighted by molar-refractivity contribution is 5.83. The van der Waals surface area contributed by atoms with E-state index in [9.17, 15) is 9.18 Å². The van der Waals surface area contributed by atoms with E-state index in [2.05, 4.69) is 22.2 Å². The Hall–Kier alpha value is -3.48. The number of likely N-dealkylation sites (tertiary alicyclic amines) is 1. The molecule has 6 nitrogen and oxygen atoms in total. The highest BCUT2D eigenvalue weighted by atomic mass is 19.1. The van der Waals surface area contributed by atoms with E-state index in [1.807, 2.05) is 35.2 Å². The summed E-state index contributed by atoms with van der Waals surface area (Å²) >= 11 is 0. The summed E-state index contributed by atoms with van der Waals surface area (Å²) < 4.78 is 18.7. The van der Waals surface area contributed by atoms with Crippen LogP contribution in [0.2, 0.25) is 0 Å². The maximum Gasteiger partial charge on any atom is 0.230 e. The first-order valence-electron chi connectivity index (χ1n) is 11.0. The molecule has 0 aliphatic carbocycles. The fourth-order valence-electron chi connectivity index (χ4n) is 3.98. The Balaban J connectivity index is 1.32. The van der Waals surface area contributed by atoms with Gasteiger partial charge in [0.05, 0.1) is 5.92 Å². The first-order chi connectivity index (χ1) is 15.6. The van der Waals surface area contributed by atoms with Gasteiger partial charge in [-0.05, 0) is 49.1 Å². The fraction of sp³-hybridized carbons (Fsp3) is 0.320. The van der Waals surface area contributed by atoms with Gasteiger partial charge in [0, 0.05) is 31.4 Å². The molecule has 1 saturated heterocycles. The molecule has 2 aromatic carbocycles. The average Bonchev–Trinajstić information content (AvgIpc) is 2.82. The number of amides is 1. The number of carbonyl (C=O) groups excluding carboxylic acids is 1. The van der Waals surface area contributed by atoms with Gasteiger partial charge in [0.25, 0.3) is 0 Å². The zero-order valence-corrected chi connectivity index (χ0v) is 18.1. The van der Waals surface area contributed by atoms with E-state index in [1.165, 1.54) is 12.1 Å². The summed E-state index contributed by atoms with van der Waals surface area (Å²) in [4.78, 5) is 23.7. The van der Waals surface area contributed by atoms with Crippen LogP contribution < -0.4 is 10.1 Å². The van der Waals surface area contributed by atoms with Crippen LogP contribution in [0.3, 0.4) is 0 Å². The molecule has 0 bridgehead atoms. The summed E-state index contributed by atoms with van der Waals surface area (Å²) in [6.07, 6.45) is 4.06. The Bertz CT molecular complexity index is 1020. The number of halogens is 1. The Morgan fingerprint density at radius 2 is 1.84 bits per heavy atom. The molecule has 1 N–H and O–H groups in total. The highest BCUT2D eigenvalue weighted by Crippen LogP contribution is 2.25. The molecule has 7 heteroatoms. The minimum Gasteiger partial charge on any atom is -0.439 e. The van der Waals surface area contributed by atoms with Gasteiger partial charge in [-0.2, -0.15) is 4.98 Å². The number of aromatic nitrogens is 2. The molecule has 1 aliphatic rings. The molecule has 2 heterocycles. The predicted octanol–water partition coefficient (Wildman–Crippen LogP) is 5.00. The van der Waals surface area contributed by atoms with Gasteiger partial charge >= 0.3 is 0 Å². The van der Waals surface area contributed by atoms with E-state index in [0.29, 0.717) is 30.7 Å². The summed E-state index contributed by atoms with van der Waals surface area (Å²) in [6, 6.07) is 17.6. The van der Waals surface area contributed by atoms with Crippen LogP contribution >= 0.6 is 0 Å². The van der Waals surface area contributed by atoms with Gasteiger partial charge in [0.2, 0.25) is 17.7 Å². The lowest BCUT2D eigenvalue weighted by molar-refractivity contribution is -0.133. The van der Waals surface area contributed by atoms with Crippen LogP contribution in [0.1, 0.15) is 37.7 Å². The van der Waals surface area contributed by atoms with E-state index >= 15 is 0 Å². The summed E-state index contributed by atoms with van der Waals surface area (Å²) in [6.45, 7) is 3.46. The molecular formula is C25H27FN4O2. The topological polar surface area (TPSA) is 67.4 Å².